The number of carbonyl (C=O) groups is 1. The molecule has 20 heavy (non-hydrogen) atoms. The Kier molecular flexibility index (Phi) is 4.22. The SMILES string of the molecule is O=C(Nc1ccc(CCBr)cc1)c1cc2c(s1)CCC2. The van der Waals surface area contributed by atoms with Crippen molar-refractivity contribution in [3.8, 4) is 0 Å². The Labute approximate surface area is 131 Å². The molecule has 0 radical (unpaired) electrons. The number of anilines is 1. The van der Waals surface area contributed by atoms with Gasteiger partial charge in [-0.15, -0.1) is 11.3 Å². The normalized spacial score (nSPS) is 13.2. The van der Waals surface area contributed by atoms with E-state index >= 15 is 0 Å². The average molecular weight is 350 g/mol. The standard InChI is InChI=1S/C16H16BrNOS/c17-9-8-11-4-6-13(7-5-11)18-16(19)15-10-12-2-1-3-14(12)20-15/h4-7,10H,1-3,8-9H2,(H,18,19). The summed E-state index contributed by atoms with van der Waals surface area (Å²) in [4.78, 5) is 14.4. The van der Waals surface area contributed by atoms with Crippen molar-refractivity contribution in [3.05, 3.63) is 51.2 Å². The van der Waals surface area contributed by atoms with Crippen LogP contribution in [0.2, 0.25) is 0 Å². The minimum atomic E-state index is 0.0117. The van der Waals surface area contributed by atoms with Gasteiger partial charge in [0, 0.05) is 15.9 Å². The third kappa shape index (κ3) is 2.96. The second kappa shape index (κ2) is 6.10. The zero-order chi connectivity index (χ0) is 13.9. The molecule has 1 aliphatic rings. The van der Waals surface area contributed by atoms with Crippen LogP contribution in [0.5, 0.6) is 0 Å². The summed E-state index contributed by atoms with van der Waals surface area (Å²) < 4.78 is 0. The highest BCUT2D eigenvalue weighted by molar-refractivity contribution is 9.09. The number of fused-ring (bicyclic) bond motifs is 1. The van der Waals surface area contributed by atoms with Crippen LogP contribution in [-0.2, 0) is 19.3 Å². The van der Waals surface area contributed by atoms with Crippen LogP contribution in [-0.4, -0.2) is 11.2 Å². The molecule has 1 amide bonds. The molecule has 1 aromatic heterocycles. The van der Waals surface area contributed by atoms with Crippen molar-refractivity contribution in [2.24, 2.45) is 0 Å². The van der Waals surface area contributed by atoms with Crippen molar-refractivity contribution in [3.63, 3.8) is 0 Å². The Morgan fingerprint density at radius 1 is 1.25 bits per heavy atom. The Bertz CT molecular complexity index is 596. The third-order valence-corrected chi connectivity index (χ3v) is 5.20. The van der Waals surface area contributed by atoms with Crippen LogP contribution >= 0.6 is 27.3 Å². The number of nitrogens with one attached hydrogen (secondary N) is 1. The van der Waals surface area contributed by atoms with Gasteiger partial charge in [0.1, 0.15) is 0 Å². The zero-order valence-electron chi connectivity index (χ0n) is 11.1. The van der Waals surface area contributed by atoms with Gasteiger partial charge in [-0.2, -0.15) is 0 Å². The van der Waals surface area contributed by atoms with Crippen molar-refractivity contribution < 1.29 is 4.79 Å². The predicted octanol–water partition coefficient (Wildman–Crippen LogP) is 4.43. The Hall–Kier alpha value is -1.13. The number of carbonyl (C=O) groups excluding carboxylic acids is 1. The largest absolute Gasteiger partial charge is 0.321 e. The second-order valence-electron chi connectivity index (χ2n) is 5.00. The molecular formula is C16H16BrNOS. The van der Waals surface area contributed by atoms with E-state index in [-0.39, 0.29) is 5.91 Å². The van der Waals surface area contributed by atoms with Crippen molar-refractivity contribution in [1.82, 2.24) is 0 Å². The molecule has 0 fully saturated rings. The van der Waals surface area contributed by atoms with Crippen LogP contribution in [0.25, 0.3) is 0 Å². The highest BCUT2D eigenvalue weighted by Crippen LogP contribution is 2.31. The van der Waals surface area contributed by atoms with E-state index in [9.17, 15) is 4.79 Å². The van der Waals surface area contributed by atoms with Crippen molar-refractivity contribution in [2.45, 2.75) is 25.7 Å². The lowest BCUT2D eigenvalue weighted by molar-refractivity contribution is 0.103. The topological polar surface area (TPSA) is 29.1 Å². The fourth-order valence-electron chi connectivity index (χ4n) is 2.50. The van der Waals surface area contributed by atoms with Crippen molar-refractivity contribution in [2.75, 3.05) is 10.6 Å². The lowest BCUT2D eigenvalue weighted by Gasteiger charge is -2.05. The van der Waals surface area contributed by atoms with Gasteiger partial charge in [0.15, 0.2) is 0 Å². The number of aryl methyl sites for hydroxylation is 3. The molecule has 0 atom stereocenters. The first-order chi connectivity index (χ1) is 9.76. The highest BCUT2D eigenvalue weighted by atomic mass is 79.9. The number of thiophene rings is 1. The first-order valence-corrected chi connectivity index (χ1v) is 8.78. The van der Waals surface area contributed by atoms with Gasteiger partial charge in [-0.05, 0) is 55.0 Å². The summed E-state index contributed by atoms with van der Waals surface area (Å²) in [6.07, 6.45) is 4.50. The zero-order valence-corrected chi connectivity index (χ0v) is 13.5. The quantitative estimate of drug-likeness (QED) is 0.813. The van der Waals surface area contributed by atoms with Gasteiger partial charge in [0.25, 0.3) is 5.91 Å². The number of halogens is 1. The minimum absolute atomic E-state index is 0.0117. The molecule has 0 saturated carbocycles. The van der Waals surface area contributed by atoms with Gasteiger partial charge in [-0.3, -0.25) is 4.79 Å². The van der Waals surface area contributed by atoms with Gasteiger partial charge in [-0.1, -0.05) is 28.1 Å². The number of amides is 1. The molecule has 104 valence electrons. The van der Waals surface area contributed by atoms with Crippen LogP contribution in [0.4, 0.5) is 5.69 Å². The summed E-state index contributed by atoms with van der Waals surface area (Å²) in [5.74, 6) is 0.0117. The maximum atomic E-state index is 12.2. The number of alkyl halides is 1. The number of hydrogen-bond donors (Lipinski definition) is 1. The summed E-state index contributed by atoms with van der Waals surface area (Å²) in [6, 6.07) is 10.1. The summed E-state index contributed by atoms with van der Waals surface area (Å²) in [5.41, 5.74) is 3.50. The number of hydrogen-bond acceptors (Lipinski definition) is 2. The molecule has 0 bridgehead atoms. The molecule has 0 unspecified atom stereocenters. The fraction of sp³-hybridized carbons (Fsp3) is 0.312. The van der Waals surface area contributed by atoms with Crippen LogP contribution in [0.3, 0.4) is 0 Å². The maximum absolute atomic E-state index is 12.2. The first-order valence-electron chi connectivity index (χ1n) is 6.84. The summed E-state index contributed by atoms with van der Waals surface area (Å²) in [5, 5.41) is 3.93. The monoisotopic (exact) mass is 349 g/mol. The van der Waals surface area contributed by atoms with Gasteiger partial charge in [0.2, 0.25) is 0 Å². The van der Waals surface area contributed by atoms with E-state index in [1.165, 1.54) is 22.4 Å². The van der Waals surface area contributed by atoms with Crippen LogP contribution in [0.1, 0.15) is 32.1 Å². The molecule has 4 heteroatoms. The Morgan fingerprint density at radius 2 is 2.05 bits per heavy atom. The number of rotatable bonds is 4. The first kappa shape index (κ1) is 13.8. The maximum Gasteiger partial charge on any atom is 0.265 e. The lowest BCUT2D eigenvalue weighted by Crippen LogP contribution is -2.10. The van der Waals surface area contributed by atoms with Crippen LogP contribution in [0, 0.1) is 0 Å². The van der Waals surface area contributed by atoms with E-state index in [4.69, 9.17) is 0 Å². The summed E-state index contributed by atoms with van der Waals surface area (Å²) in [6.45, 7) is 0. The second-order valence-corrected chi connectivity index (χ2v) is 6.93. The molecule has 2 aromatic rings. The van der Waals surface area contributed by atoms with Crippen LogP contribution < -0.4 is 5.32 Å². The minimum Gasteiger partial charge on any atom is -0.321 e. The van der Waals surface area contributed by atoms with E-state index in [1.54, 1.807) is 11.3 Å². The van der Waals surface area contributed by atoms with Gasteiger partial charge < -0.3 is 5.32 Å². The number of benzene rings is 1. The highest BCUT2D eigenvalue weighted by Gasteiger charge is 2.18. The molecule has 1 aliphatic carbocycles. The Morgan fingerprint density at radius 3 is 2.75 bits per heavy atom. The van der Waals surface area contributed by atoms with E-state index in [2.05, 4.69) is 39.4 Å². The molecule has 0 spiro atoms. The molecule has 0 saturated heterocycles. The summed E-state index contributed by atoms with van der Waals surface area (Å²) >= 11 is 5.07. The van der Waals surface area contributed by atoms with E-state index in [1.807, 2.05) is 12.1 Å². The molecule has 1 N–H and O–H groups in total. The molecule has 1 heterocycles. The Balaban J connectivity index is 1.68. The smallest absolute Gasteiger partial charge is 0.265 e. The van der Waals surface area contributed by atoms with Crippen LogP contribution in [0.15, 0.2) is 30.3 Å². The van der Waals surface area contributed by atoms with Gasteiger partial charge >= 0.3 is 0 Å². The molecule has 2 nitrogen and oxygen atoms in total. The lowest BCUT2D eigenvalue weighted by atomic mass is 10.1. The molecular weight excluding hydrogens is 334 g/mol. The predicted molar refractivity (Wildman–Crippen MR) is 88.2 cm³/mol. The van der Waals surface area contributed by atoms with E-state index < -0.39 is 0 Å². The van der Waals surface area contributed by atoms with E-state index in [0.717, 1.165) is 35.2 Å². The van der Waals surface area contributed by atoms with Gasteiger partial charge in [-0.25, -0.2) is 0 Å². The molecule has 1 aromatic carbocycles. The van der Waals surface area contributed by atoms with Crippen molar-refractivity contribution in [1.29, 1.82) is 0 Å². The molecule has 3 rings (SSSR count). The van der Waals surface area contributed by atoms with E-state index in [0.29, 0.717) is 0 Å². The average Bonchev–Trinajstić information content (AvgIpc) is 3.02. The third-order valence-electron chi connectivity index (χ3n) is 3.57. The summed E-state index contributed by atoms with van der Waals surface area (Å²) in [7, 11) is 0. The molecule has 0 aliphatic heterocycles. The fourth-order valence-corrected chi connectivity index (χ4v) is 4.10. The van der Waals surface area contributed by atoms with Crippen molar-refractivity contribution >= 4 is 38.9 Å². The van der Waals surface area contributed by atoms with Gasteiger partial charge in [0.05, 0.1) is 4.88 Å².